The number of benzene rings is 1. The molecular weight excluding hydrogens is 278 g/mol. The van der Waals surface area contributed by atoms with Gasteiger partial charge in [-0.05, 0) is 25.3 Å². The molecule has 0 bridgehead atoms. The zero-order valence-corrected chi connectivity index (χ0v) is 12.8. The normalized spacial score (nSPS) is 23.2. The highest BCUT2D eigenvalue weighted by atomic mass is 16.3. The minimum absolute atomic E-state index is 0.175. The Bertz CT molecular complexity index is 625. The van der Waals surface area contributed by atoms with E-state index >= 15 is 0 Å². The highest BCUT2D eigenvalue weighted by Crippen LogP contribution is 2.26. The maximum absolute atomic E-state index is 9.94. The monoisotopic (exact) mass is 301 g/mol. The van der Waals surface area contributed by atoms with Gasteiger partial charge in [0, 0.05) is 37.4 Å². The van der Waals surface area contributed by atoms with Gasteiger partial charge in [0.15, 0.2) is 0 Å². The summed E-state index contributed by atoms with van der Waals surface area (Å²) in [6.07, 6.45) is 1.86. The molecule has 1 aromatic carbocycles. The van der Waals surface area contributed by atoms with E-state index in [1.54, 1.807) is 18.2 Å². The lowest BCUT2D eigenvalue weighted by atomic mass is 10.1. The van der Waals surface area contributed by atoms with Gasteiger partial charge in [-0.3, -0.25) is 0 Å². The quantitative estimate of drug-likeness (QED) is 0.616. The van der Waals surface area contributed by atoms with Crippen LogP contribution in [-0.4, -0.2) is 54.2 Å². The summed E-state index contributed by atoms with van der Waals surface area (Å²) in [7, 11) is 2.13. The summed E-state index contributed by atoms with van der Waals surface area (Å²) in [6.45, 7) is 3.75. The van der Waals surface area contributed by atoms with Crippen molar-refractivity contribution in [2.45, 2.75) is 6.04 Å². The molecule has 1 saturated heterocycles. The van der Waals surface area contributed by atoms with Gasteiger partial charge in [-0.1, -0.05) is 12.1 Å². The number of para-hydroxylation sites is 1. The van der Waals surface area contributed by atoms with Crippen molar-refractivity contribution in [2.75, 3.05) is 33.2 Å². The van der Waals surface area contributed by atoms with E-state index < -0.39 is 0 Å². The zero-order valence-electron chi connectivity index (χ0n) is 12.8. The first-order chi connectivity index (χ1) is 10.6. The molecule has 1 aromatic rings. The van der Waals surface area contributed by atoms with E-state index in [9.17, 15) is 5.11 Å². The SMILES string of the molecule is CN1CCN2C(/C=C(\N)c3ccccc3O)=C(N)NCC2C1. The van der Waals surface area contributed by atoms with Crippen LogP contribution < -0.4 is 16.8 Å². The lowest BCUT2D eigenvalue weighted by Gasteiger charge is -2.45. The number of hydrogen-bond acceptors (Lipinski definition) is 6. The number of phenols is 1. The number of nitrogens with zero attached hydrogens (tertiary/aromatic N) is 2. The summed E-state index contributed by atoms with van der Waals surface area (Å²) in [5, 5.41) is 13.2. The Hall–Kier alpha value is -2.34. The topological polar surface area (TPSA) is 90.8 Å². The van der Waals surface area contributed by atoms with Crippen LogP contribution in [0.4, 0.5) is 0 Å². The van der Waals surface area contributed by atoms with Crippen molar-refractivity contribution in [1.29, 1.82) is 0 Å². The number of fused-ring (bicyclic) bond motifs is 1. The van der Waals surface area contributed by atoms with E-state index in [0.29, 0.717) is 23.1 Å². The average Bonchev–Trinajstić information content (AvgIpc) is 2.50. The number of hydrogen-bond donors (Lipinski definition) is 4. The number of aromatic hydroxyl groups is 1. The van der Waals surface area contributed by atoms with E-state index in [-0.39, 0.29) is 5.75 Å². The van der Waals surface area contributed by atoms with Gasteiger partial charge in [0.05, 0.1) is 11.7 Å². The lowest BCUT2D eigenvalue weighted by molar-refractivity contribution is 0.114. The van der Waals surface area contributed by atoms with Gasteiger partial charge in [0.1, 0.15) is 11.6 Å². The Morgan fingerprint density at radius 2 is 2.14 bits per heavy atom. The van der Waals surface area contributed by atoms with Crippen LogP contribution in [0, 0.1) is 0 Å². The fraction of sp³-hybridized carbons (Fsp3) is 0.375. The number of likely N-dealkylation sites (N-methyl/N-ethyl adjacent to an activating group) is 1. The number of nitrogens with two attached hydrogens (primary N) is 2. The molecule has 0 radical (unpaired) electrons. The second-order valence-corrected chi connectivity index (χ2v) is 5.91. The van der Waals surface area contributed by atoms with Crippen molar-refractivity contribution in [3.05, 3.63) is 47.4 Å². The third-order valence-corrected chi connectivity index (χ3v) is 4.31. The molecule has 3 rings (SSSR count). The van der Waals surface area contributed by atoms with Gasteiger partial charge >= 0.3 is 0 Å². The van der Waals surface area contributed by atoms with Crippen molar-refractivity contribution in [2.24, 2.45) is 11.5 Å². The van der Waals surface area contributed by atoms with E-state index in [4.69, 9.17) is 11.5 Å². The van der Waals surface area contributed by atoms with E-state index in [0.717, 1.165) is 31.9 Å². The van der Waals surface area contributed by atoms with Gasteiger partial charge in [0.2, 0.25) is 0 Å². The highest BCUT2D eigenvalue weighted by molar-refractivity contribution is 5.70. The molecule has 1 atom stereocenters. The minimum atomic E-state index is 0.175. The van der Waals surface area contributed by atoms with Crippen LogP contribution in [0.3, 0.4) is 0 Å². The predicted molar refractivity (Wildman–Crippen MR) is 87.5 cm³/mol. The Balaban J connectivity index is 1.92. The van der Waals surface area contributed by atoms with Crippen LogP contribution in [0.2, 0.25) is 0 Å². The maximum Gasteiger partial charge on any atom is 0.124 e. The summed E-state index contributed by atoms with van der Waals surface area (Å²) < 4.78 is 0. The molecular formula is C16H23N5O. The Morgan fingerprint density at radius 1 is 1.36 bits per heavy atom. The molecule has 6 heteroatoms. The Labute approximate surface area is 130 Å². The van der Waals surface area contributed by atoms with Crippen LogP contribution >= 0.6 is 0 Å². The van der Waals surface area contributed by atoms with E-state index in [1.165, 1.54) is 0 Å². The van der Waals surface area contributed by atoms with E-state index in [1.807, 2.05) is 12.1 Å². The molecule has 118 valence electrons. The molecule has 1 unspecified atom stereocenters. The van der Waals surface area contributed by atoms with Crippen molar-refractivity contribution in [3.63, 3.8) is 0 Å². The first-order valence-electron chi connectivity index (χ1n) is 7.50. The molecule has 6 N–H and O–H groups in total. The minimum Gasteiger partial charge on any atom is -0.507 e. The number of nitrogens with one attached hydrogen (secondary N) is 1. The van der Waals surface area contributed by atoms with Crippen LogP contribution in [-0.2, 0) is 0 Å². The molecule has 0 aromatic heterocycles. The van der Waals surface area contributed by atoms with Gasteiger partial charge in [-0.25, -0.2) is 0 Å². The summed E-state index contributed by atoms with van der Waals surface area (Å²) >= 11 is 0. The molecule has 0 aliphatic carbocycles. The van der Waals surface area contributed by atoms with Crippen molar-refractivity contribution in [1.82, 2.24) is 15.1 Å². The molecule has 1 fully saturated rings. The highest BCUT2D eigenvalue weighted by Gasteiger charge is 2.30. The summed E-state index contributed by atoms with van der Waals surface area (Å²) in [4.78, 5) is 4.62. The van der Waals surface area contributed by atoms with Crippen molar-refractivity contribution >= 4 is 5.70 Å². The molecule has 2 aliphatic rings. The number of phenolic OH excluding ortho intramolecular Hbond substituents is 1. The summed E-state index contributed by atoms with van der Waals surface area (Å²) in [5.41, 5.74) is 14.4. The molecule has 22 heavy (non-hydrogen) atoms. The third-order valence-electron chi connectivity index (χ3n) is 4.31. The van der Waals surface area contributed by atoms with Gasteiger partial charge in [0.25, 0.3) is 0 Å². The molecule has 0 spiro atoms. The molecule has 2 aliphatic heterocycles. The molecule has 6 nitrogen and oxygen atoms in total. The lowest BCUT2D eigenvalue weighted by Crippen LogP contribution is -2.58. The summed E-state index contributed by atoms with van der Waals surface area (Å²) in [6, 6.07) is 7.44. The van der Waals surface area contributed by atoms with Crippen LogP contribution in [0.15, 0.2) is 41.9 Å². The Kier molecular flexibility index (Phi) is 3.85. The second kappa shape index (κ2) is 5.81. The molecule has 2 heterocycles. The fourth-order valence-corrected chi connectivity index (χ4v) is 3.08. The van der Waals surface area contributed by atoms with E-state index in [2.05, 4.69) is 22.2 Å². The maximum atomic E-state index is 9.94. The van der Waals surface area contributed by atoms with Crippen LogP contribution in [0.1, 0.15) is 5.56 Å². The first kappa shape index (κ1) is 14.6. The Morgan fingerprint density at radius 3 is 2.91 bits per heavy atom. The third kappa shape index (κ3) is 2.69. The molecule has 0 saturated carbocycles. The zero-order chi connectivity index (χ0) is 15.7. The molecule has 0 amide bonds. The number of rotatable bonds is 2. The standard InChI is InChI=1S/C16H23N5O/c1-20-6-7-21-11(10-20)9-19-16(18)14(21)8-13(17)12-4-2-3-5-15(12)22/h2-5,8,11,19,22H,6-7,9-10,17-18H2,1H3/b13-8-. The van der Waals surface area contributed by atoms with Crippen molar-refractivity contribution < 1.29 is 5.11 Å². The number of piperazine rings is 1. The largest absolute Gasteiger partial charge is 0.507 e. The van der Waals surface area contributed by atoms with Gasteiger partial charge < -0.3 is 31.7 Å². The van der Waals surface area contributed by atoms with Gasteiger partial charge in [-0.15, -0.1) is 0 Å². The van der Waals surface area contributed by atoms with Crippen LogP contribution in [0.5, 0.6) is 5.75 Å². The van der Waals surface area contributed by atoms with Crippen molar-refractivity contribution in [3.8, 4) is 5.75 Å². The first-order valence-corrected chi connectivity index (χ1v) is 7.50. The average molecular weight is 301 g/mol. The fourth-order valence-electron chi connectivity index (χ4n) is 3.08. The smallest absolute Gasteiger partial charge is 0.124 e. The second-order valence-electron chi connectivity index (χ2n) is 5.91. The predicted octanol–water partition coefficient (Wildman–Crippen LogP) is 0.0388. The number of allylic oxidation sites excluding steroid dienone is 1. The van der Waals surface area contributed by atoms with Crippen LogP contribution in [0.25, 0.3) is 5.70 Å². The summed E-state index contributed by atoms with van der Waals surface area (Å²) in [5.74, 6) is 0.813. The van der Waals surface area contributed by atoms with Gasteiger partial charge in [-0.2, -0.15) is 0 Å².